The molecule has 2 aliphatic heterocycles. The third-order valence-electron chi connectivity index (χ3n) is 5.77. The number of rotatable bonds is 7. The molecule has 0 saturated carbocycles. The van der Waals surface area contributed by atoms with Crippen LogP contribution in [0.4, 0.5) is 0 Å². The van der Waals surface area contributed by atoms with Gasteiger partial charge in [0.2, 0.25) is 6.79 Å². The van der Waals surface area contributed by atoms with Crippen LogP contribution in [0.25, 0.3) is 10.1 Å². The molecular formula is C23H24N2O3S. The lowest BCUT2D eigenvalue weighted by atomic mass is 10.1. The fourth-order valence-corrected chi connectivity index (χ4v) is 5.12. The Labute approximate surface area is 174 Å². The zero-order chi connectivity index (χ0) is 19.8. The molecule has 0 radical (unpaired) electrons. The van der Waals surface area contributed by atoms with Crippen LogP contribution in [0.5, 0.6) is 11.5 Å². The van der Waals surface area contributed by atoms with Crippen LogP contribution in [-0.4, -0.2) is 49.2 Å². The number of amides is 1. The van der Waals surface area contributed by atoms with Gasteiger partial charge in [0.1, 0.15) is 0 Å². The smallest absolute Gasteiger partial charge is 0.254 e. The minimum Gasteiger partial charge on any atom is -0.454 e. The van der Waals surface area contributed by atoms with Gasteiger partial charge in [0.15, 0.2) is 11.5 Å². The maximum atomic E-state index is 12.7. The lowest BCUT2D eigenvalue weighted by Gasteiger charge is -2.20. The van der Waals surface area contributed by atoms with E-state index in [0.717, 1.165) is 49.4 Å². The number of carbonyl (C=O) groups is 1. The molecule has 5 rings (SSSR count). The van der Waals surface area contributed by atoms with Crippen molar-refractivity contribution in [2.75, 3.05) is 33.5 Å². The van der Waals surface area contributed by atoms with E-state index >= 15 is 0 Å². The number of hydrogen-bond acceptors (Lipinski definition) is 5. The number of thiophene rings is 1. The first-order valence-corrected chi connectivity index (χ1v) is 10.9. The van der Waals surface area contributed by atoms with Gasteiger partial charge in [0, 0.05) is 29.9 Å². The molecule has 0 bridgehead atoms. The molecule has 2 aromatic carbocycles. The molecule has 0 spiro atoms. The minimum atomic E-state index is 0.102. The van der Waals surface area contributed by atoms with Crippen LogP contribution >= 0.6 is 11.3 Å². The average molecular weight is 409 g/mol. The number of carbonyl (C=O) groups excluding carboxylic acids is 1. The molecule has 0 saturated heterocycles. The van der Waals surface area contributed by atoms with Gasteiger partial charge in [-0.15, -0.1) is 11.3 Å². The quantitative estimate of drug-likeness (QED) is 0.589. The van der Waals surface area contributed by atoms with E-state index in [9.17, 15) is 4.79 Å². The van der Waals surface area contributed by atoms with Gasteiger partial charge in [-0.25, -0.2) is 0 Å². The number of nitrogens with zero attached hydrogens (tertiary/aromatic N) is 2. The normalized spacial score (nSPS) is 15.0. The standard InChI is InChI=1S/C23H24N2O3S/c1-24(10-7-16-14-29-22-6-3-2-5-18(16)22)8-4-9-25-13-17-11-20-21(28-15-27-20)12-19(17)23(25)26/h2-3,5-6,11-12,14H,4,7-10,13,15H2,1H3. The summed E-state index contributed by atoms with van der Waals surface area (Å²) in [6.45, 7) is 3.67. The molecule has 0 N–H and O–H groups in total. The highest BCUT2D eigenvalue weighted by Gasteiger charge is 2.30. The van der Waals surface area contributed by atoms with Crippen molar-refractivity contribution < 1.29 is 14.3 Å². The van der Waals surface area contributed by atoms with Gasteiger partial charge in [-0.3, -0.25) is 4.79 Å². The van der Waals surface area contributed by atoms with Gasteiger partial charge in [0.25, 0.3) is 5.91 Å². The third kappa shape index (κ3) is 3.58. The summed E-state index contributed by atoms with van der Waals surface area (Å²) in [7, 11) is 2.16. The van der Waals surface area contributed by atoms with Crippen molar-refractivity contribution in [2.45, 2.75) is 19.4 Å². The van der Waals surface area contributed by atoms with E-state index in [4.69, 9.17) is 9.47 Å². The first kappa shape index (κ1) is 18.5. The third-order valence-corrected chi connectivity index (χ3v) is 6.78. The number of fused-ring (bicyclic) bond motifs is 3. The topological polar surface area (TPSA) is 42.0 Å². The van der Waals surface area contributed by atoms with Crippen molar-refractivity contribution in [1.82, 2.24) is 9.80 Å². The second kappa shape index (κ2) is 7.69. The van der Waals surface area contributed by atoms with E-state index in [-0.39, 0.29) is 12.7 Å². The molecule has 5 nitrogen and oxygen atoms in total. The van der Waals surface area contributed by atoms with Crippen LogP contribution in [0.15, 0.2) is 41.8 Å². The number of likely N-dealkylation sites (N-methyl/N-ethyl adjacent to an activating group) is 1. The van der Waals surface area contributed by atoms with Gasteiger partial charge in [-0.2, -0.15) is 0 Å². The van der Waals surface area contributed by atoms with Gasteiger partial charge in [-0.1, -0.05) is 18.2 Å². The summed E-state index contributed by atoms with van der Waals surface area (Å²) < 4.78 is 12.2. The summed E-state index contributed by atoms with van der Waals surface area (Å²) >= 11 is 1.82. The molecular weight excluding hydrogens is 384 g/mol. The van der Waals surface area contributed by atoms with Crippen LogP contribution in [0.3, 0.4) is 0 Å². The molecule has 150 valence electrons. The van der Waals surface area contributed by atoms with Crippen LogP contribution in [0.1, 0.15) is 27.9 Å². The van der Waals surface area contributed by atoms with Crippen molar-refractivity contribution >= 4 is 27.3 Å². The summed E-state index contributed by atoms with van der Waals surface area (Å²) in [5.41, 5.74) is 3.23. The molecule has 3 aromatic rings. The van der Waals surface area contributed by atoms with Crippen LogP contribution in [0.2, 0.25) is 0 Å². The van der Waals surface area contributed by atoms with Crippen molar-refractivity contribution in [3.05, 3.63) is 58.5 Å². The molecule has 0 atom stereocenters. The monoisotopic (exact) mass is 408 g/mol. The highest BCUT2D eigenvalue weighted by molar-refractivity contribution is 7.17. The van der Waals surface area contributed by atoms with Crippen molar-refractivity contribution in [3.8, 4) is 11.5 Å². The molecule has 6 heteroatoms. The van der Waals surface area contributed by atoms with E-state index in [1.165, 1.54) is 15.6 Å². The number of benzene rings is 2. The maximum Gasteiger partial charge on any atom is 0.254 e. The minimum absolute atomic E-state index is 0.102. The highest BCUT2D eigenvalue weighted by Crippen LogP contribution is 2.38. The summed E-state index contributed by atoms with van der Waals surface area (Å²) in [5.74, 6) is 1.53. The predicted molar refractivity (Wildman–Crippen MR) is 115 cm³/mol. The summed E-state index contributed by atoms with van der Waals surface area (Å²) in [4.78, 5) is 17.0. The van der Waals surface area contributed by atoms with Gasteiger partial charge in [0.05, 0.1) is 0 Å². The fourth-order valence-electron chi connectivity index (χ4n) is 4.12. The van der Waals surface area contributed by atoms with Crippen molar-refractivity contribution in [1.29, 1.82) is 0 Å². The van der Waals surface area contributed by atoms with E-state index < -0.39 is 0 Å². The Kier molecular flexibility index (Phi) is 4.89. The highest BCUT2D eigenvalue weighted by atomic mass is 32.1. The second-order valence-corrected chi connectivity index (χ2v) is 8.66. The van der Waals surface area contributed by atoms with E-state index in [1.54, 1.807) is 0 Å². The number of ether oxygens (including phenoxy) is 2. The van der Waals surface area contributed by atoms with Gasteiger partial charge >= 0.3 is 0 Å². The van der Waals surface area contributed by atoms with E-state index in [2.05, 4.69) is 41.6 Å². The SMILES string of the molecule is CN(CCCN1Cc2cc3c(cc2C1=O)OCO3)CCc1csc2ccccc12. The second-order valence-electron chi connectivity index (χ2n) is 7.75. The lowest BCUT2D eigenvalue weighted by molar-refractivity contribution is 0.0771. The molecule has 29 heavy (non-hydrogen) atoms. The Morgan fingerprint density at radius 3 is 2.86 bits per heavy atom. The van der Waals surface area contributed by atoms with Crippen molar-refractivity contribution in [3.63, 3.8) is 0 Å². The Balaban J connectivity index is 1.11. The number of hydrogen-bond donors (Lipinski definition) is 0. The molecule has 1 amide bonds. The molecule has 1 aromatic heterocycles. The Hall–Kier alpha value is -2.57. The summed E-state index contributed by atoms with van der Waals surface area (Å²) in [5, 5.41) is 3.66. The first-order valence-electron chi connectivity index (χ1n) is 10.0. The van der Waals surface area contributed by atoms with Gasteiger partial charge in [-0.05, 0) is 66.5 Å². The maximum absolute atomic E-state index is 12.7. The van der Waals surface area contributed by atoms with E-state index in [1.807, 2.05) is 28.4 Å². The average Bonchev–Trinajstić information content (AvgIpc) is 3.43. The zero-order valence-electron chi connectivity index (χ0n) is 16.5. The molecule has 3 heterocycles. The molecule has 0 unspecified atom stereocenters. The van der Waals surface area contributed by atoms with Crippen molar-refractivity contribution in [2.24, 2.45) is 0 Å². The lowest BCUT2D eigenvalue weighted by Crippen LogP contribution is -2.29. The largest absolute Gasteiger partial charge is 0.454 e. The fraction of sp³-hybridized carbons (Fsp3) is 0.348. The summed E-state index contributed by atoms with van der Waals surface area (Å²) in [6.07, 6.45) is 2.02. The molecule has 0 aliphatic carbocycles. The molecule has 2 aliphatic rings. The Morgan fingerprint density at radius 2 is 1.97 bits per heavy atom. The Bertz CT molecular complexity index is 1060. The van der Waals surface area contributed by atoms with Crippen LogP contribution < -0.4 is 9.47 Å². The van der Waals surface area contributed by atoms with E-state index in [0.29, 0.717) is 12.3 Å². The predicted octanol–water partition coefficient (Wildman–Crippen LogP) is 4.15. The first-order chi connectivity index (χ1) is 14.2. The summed E-state index contributed by atoms with van der Waals surface area (Å²) in [6, 6.07) is 12.4. The molecule has 0 fully saturated rings. The zero-order valence-corrected chi connectivity index (χ0v) is 17.3. The van der Waals surface area contributed by atoms with Crippen LogP contribution in [0, 0.1) is 0 Å². The Morgan fingerprint density at radius 1 is 1.14 bits per heavy atom. The van der Waals surface area contributed by atoms with Crippen LogP contribution in [-0.2, 0) is 13.0 Å². The van der Waals surface area contributed by atoms with Gasteiger partial charge < -0.3 is 19.3 Å².